The molecule has 0 saturated heterocycles. The molecular weight excluding hydrogens is 258 g/mol. The van der Waals surface area contributed by atoms with Crippen LogP contribution in [-0.2, 0) is 12.8 Å². The van der Waals surface area contributed by atoms with E-state index in [1.807, 2.05) is 0 Å². The van der Waals surface area contributed by atoms with E-state index in [1.165, 1.54) is 41.2 Å². The van der Waals surface area contributed by atoms with Gasteiger partial charge in [-0.25, -0.2) is 0 Å². The Morgan fingerprint density at radius 3 is 2.57 bits per heavy atom. The van der Waals surface area contributed by atoms with E-state index in [0.717, 1.165) is 24.9 Å². The average Bonchev–Trinajstić information content (AvgIpc) is 2.51. The van der Waals surface area contributed by atoms with Gasteiger partial charge in [0.15, 0.2) is 0 Å². The highest BCUT2D eigenvalue weighted by Crippen LogP contribution is 2.35. The number of fused-ring (bicyclic) bond motifs is 3. The van der Waals surface area contributed by atoms with E-state index in [1.54, 1.807) is 0 Å². The molecule has 0 amide bonds. The third-order valence-corrected chi connectivity index (χ3v) is 4.61. The predicted octanol–water partition coefficient (Wildman–Crippen LogP) is 3.70. The summed E-state index contributed by atoms with van der Waals surface area (Å²) >= 11 is 0. The largest absolute Gasteiger partial charge is 0.388 e. The molecule has 0 aliphatic heterocycles. The molecule has 1 aliphatic rings. The van der Waals surface area contributed by atoms with Crippen molar-refractivity contribution in [1.82, 2.24) is 4.90 Å². The third kappa shape index (κ3) is 2.97. The van der Waals surface area contributed by atoms with Crippen molar-refractivity contribution in [3.63, 3.8) is 0 Å². The molecule has 1 unspecified atom stereocenters. The van der Waals surface area contributed by atoms with Gasteiger partial charge in [-0.3, -0.25) is 0 Å². The quantitative estimate of drug-likeness (QED) is 0.924. The number of hydrogen-bond donors (Lipinski definition) is 1. The zero-order valence-corrected chi connectivity index (χ0v) is 13.1. The normalized spacial score (nSPS) is 16.2. The fraction of sp³-hybridized carbons (Fsp3) is 0.474. The lowest BCUT2D eigenvalue weighted by atomic mass is 9.84. The van der Waals surface area contributed by atoms with Crippen molar-refractivity contribution in [1.29, 1.82) is 0 Å². The Hall–Kier alpha value is -1.38. The topological polar surface area (TPSA) is 23.5 Å². The smallest absolute Gasteiger partial charge is 0.0808 e. The lowest BCUT2D eigenvalue weighted by Gasteiger charge is -2.23. The number of aliphatic hydroxyl groups is 1. The summed E-state index contributed by atoms with van der Waals surface area (Å²) in [5, 5.41) is 13.2. The number of aliphatic hydroxyl groups excluding tert-OH is 1. The van der Waals surface area contributed by atoms with Crippen LogP contribution in [0.2, 0.25) is 0 Å². The third-order valence-electron chi connectivity index (χ3n) is 4.61. The predicted molar refractivity (Wildman–Crippen MR) is 88.7 cm³/mol. The fourth-order valence-electron chi connectivity index (χ4n) is 3.47. The molecule has 0 bridgehead atoms. The number of rotatable bonds is 4. The van der Waals surface area contributed by atoms with Crippen LogP contribution in [0.25, 0.3) is 10.8 Å². The first-order chi connectivity index (χ1) is 10.2. The summed E-state index contributed by atoms with van der Waals surface area (Å²) in [5.74, 6) is 0. The highest BCUT2D eigenvalue weighted by atomic mass is 16.3. The molecule has 1 N–H and O–H groups in total. The van der Waals surface area contributed by atoms with Gasteiger partial charge in [-0.1, -0.05) is 30.3 Å². The molecule has 0 spiro atoms. The molecule has 0 aromatic heterocycles. The summed E-state index contributed by atoms with van der Waals surface area (Å²) in [5.41, 5.74) is 4.09. The standard InChI is InChI=1S/C19H25NO/c1-20(2)12-11-19(21)18-13-14-7-3-4-8-15(14)16-9-5-6-10-17(16)18/h5-6,9-10,13,19,21H,3-4,7-8,11-12H2,1-2H3. The molecule has 2 nitrogen and oxygen atoms in total. The van der Waals surface area contributed by atoms with Crippen LogP contribution in [-0.4, -0.2) is 30.6 Å². The van der Waals surface area contributed by atoms with Gasteiger partial charge in [-0.05, 0) is 73.7 Å². The van der Waals surface area contributed by atoms with Gasteiger partial charge in [0.25, 0.3) is 0 Å². The lowest BCUT2D eigenvalue weighted by Crippen LogP contribution is -2.16. The highest BCUT2D eigenvalue weighted by Gasteiger charge is 2.18. The first kappa shape index (κ1) is 14.6. The average molecular weight is 283 g/mol. The molecule has 0 saturated carbocycles. The van der Waals surface area contributed by atoms with E-state index in [0.29, 0.717) is 0 Å². The first-order valence-electron chi connectivity index (χ1n) is 8.03. The number of nitrogens with zero attached hydrogens (tertiary/aromatic N) is 1. The Labute approximate surface area is 127 Å². The van der Waals surface area contributed by atoms with Crippen molar-refractivity contribution in [2.75, 3.05) is 20.6 Å². The Morgan fingerprint density at radius 1 is 1.10 bits per heavy atom. The van der Waals surface area contributed by atoms with Gasteiger partial charge in [0.1, 0.15) is 0 Å². The molecule has 3 rings (SSSR count). The van der Waals surface area contributed by atoms with Gasteiger partial charge in [0, 0.05) is 6.54 Å². The highest BCUT2D eigenvalue weighted by molar-refractivity contribution is 5.90. The second kappa shape index (κ2) is 6.17. The summed E-state index contributed by atoms with van der Waals surface area (Å²) in [6.07, 6.45) is 5.33. The van der Waals surface area contributed by atoms with Crippen molar-refractivity contribution in [3.8, 4) is 0 Å². The summed E-state index contributed by atoms with van der Waals surface area (Å²) in [6, 6.07) is 10.9. The fourth-order valence-corrected chi connectivity index (χ4v) is 3.47. The number of benzene rings is 2. The second-order valence-corrected chi connectivity index (χ2v) is 6.46. The minimum atomic E-state index is -0.371. The number of hydrogen-bond acceptors (Lipinski definition) is 2. The molecule has 0 heterocycles. The van der Waals surface area contributed by atoms with E-state index in [4.69, 9.17) is 0 Å². The first-order valence-corrected chi connectivity index (χ1v) is 8.03. The zero-order valence-electron chi connectivity index (χ0n) is 13.1. The molecule has 2 aromatic carbocycles. The minimum absolute atomic E-state index is 0.371. The van der Waals surface area contributed by atoms with Crippen LogP contribution < -0.4 is 0 Å². The van der Waals surface area contributed by atoms with Gasteiger partial charge in [0.05, 0.1) is 6.10 Å². The Balaban J connectivity index is 2.05. The minimum Gasteiger partial charge on any atom is -0.388 e. The van der Waals surface area contributed by atoms with E-state index < -0.39 is 0 Å². The van der Waals surface area contributed by atoms with Crippen molar-refractivity contribution in [2.45, 2.75) is 38.2 Å². The molecular formula is C19H25NO. The molecule has 112 valence electrons. The SMILES string of the molecule is CN(C)CCC(O)c1cc2c(c3ccccc13)CCCC2. The zero-order chi connectivity index (χ0) is 14.8. The summed E-state index contributed by atoms with van der Waals surface area (Å²) < 4.78 is 0. The summed E-state index contributed by atoms with van der Waals surface area (Å²) in [6.45, 7) is 0.909. The molecule has 0 fully saturated rings. The summed E-state index contributed by atoms with van der Waals surface area (Å²) in [7, 11) is 4.11. The molecule has 1 aliphatic carbocycles. The van der Waals surface area contributed by atoms with Gasteiger partial charge < -0.3 is 10.0 Å². The van der Waals surface area contributed by atoms with Crippen LogP contribution in [0.5, 0.6) is 0 Å². The van der Waals surface area contributed by atoms with Crippen LogP contribution >= 0.6 is 0 Å². The Morgan fingerprint density at radius 2 is 1.81 bits per heavy atom. The van der Waals surface area contributed by atoms with E-state index in [2.05, 4.69) is 49.3 Å². The van der Waals surface area contributed by atoms with Crippen molar-refractivity contribution < 1.29 is 5.11 Å². The van der Waals surface area contributed by atoms with Crippen LogP contribution in [0.3, 0.4) is 0 Å². The lowest BCUT2D eigenvalue weighted by molar-refractivity contribution is 0.155. The van der Waals surface area contributed by atoms with Crippen molar-refractivity contribution in [2.24, 2.45) is 0 Å². The van der Waals surface area contributed by atoms with Gasteiger partial charge in [-0.15, -0.1) is 0 Å². The Bertz CT molecular complexity index is 633. The van der Waals surface area contributed by atoms with Crippen molar-refractivity contribution >= 4 is 10.8 Å². The Kier molecular flexibility index (Phi) is 4.27. The maximum atomic E-state index is 10.6. The molecule has 1 atom stereocenters. The van der Waals surface area contributed by atoms with E-state index >= 15 is 0 Å². The molecule has 0 radical (unpaired) electrons. The van der Waals surface area contributed by atoms with Crippen LogP contribution in [0.4, 0.5) is 0 Å². The summed E-state index contributed by atoms with van der Waals surface area (Å²) in [4.78, 5) is 2.13. The molecule has 2 aromatic rings. The van der Waals surface area contributed by atoms with Crippen LogP contribution in [0, 0.1) is 0 Å². The molecule has 2 heteroatoms. The second-order valence-electron chi connectivity index (χ2n) is 6.46. The molecule has 21 heavy (non-hydrogen) atoms. The van der Waals surface area contributed by atoms with E-state index in [9.17, 15) is 5.11 Å². The van der Waals surface area contributed by atoms with Gasteiger partial charge in [-0.2, -0.15) is 0 Å². The van der Waals surface area contributed by atoms with Gasteiger partial charge in [0.2, 0.25) is 0 Å². The van der Waals surface area contributed by atoms with Crippen molar-refractivity contribution in [3.05, 3.63) is 47.0 Å². The van der Waals surface area contributed by atoms with Crippen LogP contribution in [0.1, 0.15) is 42.1 Å². The van der Waals surface area contributed by atoms with Crippen LogP contribution in [0.15, 0.2) is 30.3 Å². The number of aryl methyl sites for hydroxylation is 2. The van der Waals surface area contributed by atoms with E-state index in [-0.39, 0.29) is 6.10 Å². The van der Waals surface area contributed by atoms with Gasteiger partial charge >= 0.3 is 0 Å². The monoisotopic (exact) mass is 283 g/mol. The maximum absolute atomic E-state index is 10.6. The maximum Gasteiger partial charge on any atom is 0.0808 e.